The van der Waals surface area contributed by atoms with Gasteiger partial charge in [-0.15, -0.1) is 0 Å². The summed E-state index contributed by atoms with van der Waals surface area (Å²) in [5.41, 5.74) is 0. The maximum Gasteiger partial charge on any atom is 0.234 e. The molecule has 7 heteroatoms. The number of rotatable bonds is 9. The van der Waals surface area contributed by atoms with Gasteiger partial charge >= 0.3 is 0 Å². The Balaban J connectivity index is 2.07. The molecule has 0 spiro atoms. The second-order valence-electron chi connectivity index (χ2n) is 5.33. The third-order valence-electron chi connectivity index (χ3n) is 3.59. The van der Waals surface area contributed by atoms with Crippen LogP contribution in [0.2, 0.25) is 0 Å². The summed E-state index contributed by atoms with van der Waals surface area (Å²) in [6, 6.07) is 0.352. The van der Waals surface area contributed by atoms with Crippen molar-refractivity contribution in [2.75, 3.05) is 32.4 Å². The molecule has 0 aromatic carbocycles. The molecule has 0 aromatic rings. The smallest absolute Gasteiger partial charge is 0.234 e. The third-order valence-corrected chi connectivity index (χ3v) is 4.97. The molecule has 0 aromatic heterocycles. The highest BCUT2D eigenvalue weighted by Crippen LogP contribution is 2.17. The van der Waals surface area contributed by atoms with Crippen molar-refractivity contribution in [2.45, 2.75) is 45.1 Å². The van der Waals surface area contributed by atoms with Gasteiger partial charge in [-0.05, 0) is 25.8 Å². The maximum atomic E-state index is 11.6. The van der Waals surface area contributed by atoms with Crippen LogP contribution in [0.1, 0.15) is 39.0 Å². The van der Waals surface area contributed by atoms with Crippen molar-refractivity contribution in [3.05, 3.63) is 0 Å². The van der Waals surface area contributed by atoms with Gasteiger partial charge in [0.15, 0.2) is 0 Å². The zero-order valence-electron chi connectivity index (χ0n) is 12.5. The SMILES string of the molecule is CCN(CCCNCC(=O)NC1CCCC1)S(C)(=O)=O. The standard InChI is InChI=1S/C13H27N3O3S/c1-3-16(20(2,18)19)10-6-9-14-11-13(17)15-12-7-4-5-8-12/h12,14H,3-11H2,1-2H3,(H,15,17). The molecule has 1 aliphatic rings. The molecule has 1 amide bonds. The molecule has 0 aliphatic heterocycles. The number of nitrogens with zero attached hydrogens (tertiary/aromatic N) is 1. The predicted octanol–water partition coefficient (Wildman–Crippen LogP) is 0.306. The molecule has 1 rings (SSSR count). The first kappa shape index (κ1) is 17.4. The van der Waals surface area contributed by atoms with Gasteiger partial charge in [-0.2, -0.15) is 0 Å². The minimum Gasteiger partial charge on any atom is -0.352 e. The van der Waals surface area contributed by atoms with Gasteiger partial charge < -0.3 is 10.6 Å². The lowest BCUT2D eigenvalue weighted by atomic mass is 10.2. The van der Waals surface area contributed by atoms with Crippen molar-refractivity contribution < 1.29 is 13.2 Å². The van der Waals surface area contributed by atoms with Gasteiger partial charge in [0.1, 0.15) is 0 Å². The van der Waals surface area contributed by atoms with Crippen molar-refractivity contribution in [3.63, 3.8) is 0 Å². The van der Waals surface area contributed by atoms with Gasteiger partial charge in [0.05, 0.1) is 12.8 Å². The van der Waals surface area contributed by atoms with Gasteiger partial charge in [0.2, 0.25) is 15.9 Å². The largest absolute Gasteiger partial charge is 0.352 e. The molecule has 0 unspecified atom stereocenters. The van der Waals surface area contributed by atoms with Gasteiger partial charge in [0, 0.05) is 19.1 Å². The van der Waals surface area contributed by atoms with E-state index in [9.17, 15) is 13.2 Å². The molecule has 0 bridgehead atoms. The van der Waals surface area contributed by atoms with Gasteiger partial charge in [-0.3, -0.25) is 4.79 Å². The number of carbonyl (C=O) groups excluding carboxylic acids is 1. The zero-order valence-corrected chi connectivity index (χ0v) is 13.3. The van der Waals surface area contributed by atoms with E-state index < -0.39 is 10.0 Å². The summed E-state index contributed by atoms with van der Waals surface area (Å²) >= 11 is 0. The highest BCUT2D eigenvalue weighted by atomic mass is 32.2. The van der Waals surface area contributed by atoms with E-state index in [1.807, 2.05) is 6.92 Å². The summed E-state index contributed by atoms with van der Waals surface area (Å²) in [7, 11) is -3.11. The summed E-state index contributed by atoms with van der Waals surface area (Å²) in [5.74, 6) is 0.0346. The number of sulfonamides is 1. The monoisotopic (exact) mass is 305 g/mol. The molecule has 0 atom stereocenters. The van der Waals surface area contributed by atoms with E-state index in [-0.39, 0.29) is 5.91 Å². The topological polar surface area (TPSA) is 78.5 Å². The third kappa shape index (κ3) is 6.67. The van der Waals surface area contributed by atoms with E-state index in [1.54, 1.807) is 0 Å². The normalized spacial score (nSPS) is 16.8. The Hall–Kier alpha value is -0.660. The summed E-state index contributed by atoms with van der Waals surface area (Å²) in [6.45, 7) is 3.75. The highest BCUT2D eigenvalue weighted by Gasteiger charge is 2.16. The Morgan fingerprint density at radius 2 is 1.95 bits per heavy atom. The van der Waals surface area contributed by atoms with Crippen molar-refractivity contribution in [1.29, 1.82) is 0 Å². The fraction of sp³-hybridized carbons (Fsp3) is 0.923. The Morgan fingerprint density at radius 1 is 1.30 bits per heavy atom. The summed E-state index contributed by atoms with van der Waals surface area (Å²) in [5, 5.41) is 6.06. The number of hydrogen-bond acceptors (Lipinski definition) is 4. The van der Waals surface area contributed by atoms with Crippen molar-refractivity contribution in [3.8, 4) is 0 Å². The number of amides is 1. The Bertz CT molecular complexity index is 392. The first-order chi connectivity index (χ1) is 9.43. The van der Waals surface area contributed by atoms with Gasteiger partial charge in [-0.25, -0.2) is 12.7 Å². The molecular weight excluding hydrogens is 278 g/mol. The van der Waals surface area contributed by atoms with E-state index in [2.05, 4.69) is 10.6 Å². The predicted molar refractivity (Wildman–Crippen MR) is 80.0 cm³/mol. The minimum absolute atomic E-state index is 0.0346. The van der Waals surface area contributed by atoms with Crippen LogP contribution in [-0.4, -0.2) is 57.1 Å². The van der Waals surface area contributed by atoms with Crippen LogP contribution >= 0.6 is 0 Å². The average molecular weight is 305 g/mol. The fourth-order valence-corrected chi connectivity index (χ4v) is 3.42. The van der Waals surface area contributed by atoms with Crippen molar-refractivity contribution >= 4 is 15.9 Å². The lowest BCUT2D eigenvalue weighted by Crippen LogP contribution is -2.40. The van der Waals surface area contributed by atoms with Crippen molar-refractivity contribution in [2.24, 2.45) is 0 Å². The molecule has 0 saturated heterocycles. The van der Waals surface area contributed by atoms with Crippen LogP contribution < -0.4 is 10.6 Å². The first-order valence-electron chi connectivity index (χ1n) is 7.38. The van der Waals surface area contributed by atoms with Crippen LogP contribution in [0.5, 0.6) is 0 Å². The van der Waals surface area contributed by atoms with Crippen LogP contribution in [0, 0.1) is 0 Å². The second kappa shape index (κ2) is 8.59. The summed E-state index contributed by atoms with van der Waals surface area (Å²) < 4.78 is 24.2. The van der Waals surface area contributed by atoms with Crippen LogP contribution in [0.4, 0.5) is 0 Å². The van der Waals surface area contributed by atoms with Crippen LogP contribution in [0.15, 0.2) is 0 Å². The number of hydrogen-bond donors (Lipinski definition) is 2. The molecule has 118 valence electrons. The Morgan fingerprint density at radius 3 is 2.50 bits per heavy atom. The second-order valence-corrected chi connectivity index (χ2v) is 7.32. The van der Waals surface area contributed by atoms with Crippen LogP contribution in [-0.2, 0) is 14.8 Å². The Labute approximate surface area is 122 Å². The molecule has 0 radical (unpaired) electrons. The molecule has 1 saturated carbocycles. The lowest BCUT2D eigenvalue weighted by molar-refractivity contribution is -0.120. The summed E-state index contributed by atoms with van der Waals surface area (Å²) in [6.07, 6.45) is 6.52. The molecule has 0 heterocycles. The van der Waals surface area contributed by atoms with Crippen molar-refractivity contribution in [1.82, 2.24) is 14.9 Å². The maximum absolute atomic E-state index is 11.6. The molecule has 1 aliphatic carbocycles. The Kier molecular flexibility index (Phi) is 7.47. The fourth-order valence-electron chi connectivity index (χ4n) is 2.49. The highest BCUT2D eigenvalue weighted by molar-refractivity contribution is 7.88. The number of carbonyl (C=O) groups is 1. The van der Waals surface area contributed by atoms with Crippen LogP contribution in [0.3, 0.4) is 0 Å². The molecule has 2 N–H and O–H groups in total. The molecule has 6 nitrogen and oxygen atoms in total. The zero-order chi connectivity index (χ0) is 15.0. The van der Waals surface area contributed by atoms with Crippen LogP contribution in [0.25, 0.3) is 0 Å². The van der Waals surface area contributed by atoms with Gasteiger partial charge in [-0.1, -0.05) is 19.8 Å². The van der Waals surface area contributed by atoms with E-state index in [0.29, 0.717) is 38.6 Å². The lowest BCUT2D eigenvalue weighted by Gasteiger charge is -2.17. The minimum atomic E-state index is -3.11. The van der Waals surface area contributed by atoms with E-state index in [4.69, 9.17) is 0 Å². The van der Waals surface area contributed by atoms with E-state index in [1.165, 1.54) is 23.4 Å². The van der Waals surface area contributed by atoms with Gasteiger partial charge in [0.25, 0.3) is 0 Å². The molecular formula is C13H27N3O3S. The summed E-state index contributed by atoms with van der Waals surface area (Å²) in [4.78, 5) is 11.6. The molecule has 1 fully saturated rings. The molecule has 20 heavy (non-hydrogen) atoms. The number of nitrogens with one attached hydrogen (secondary N) is 2. The van der Waals surface area contributed by atoms with E-state index in [0.717, 1.165) is 12.8 Å². The quantitative estimate of drug-likeness (QED) is 0.601. The average Bonchev–Trinajstić information content (AvgIpc) is 2.84. The first-order valence-corrected chi connectivity index (χ1v) is 9.23. The van der Waals surface area contributed by atoms with E-state index >= 15 is 0 Å².